The molecule has 0 fully saturated rings. The number of fused-ring (bicyclic) bond motifs is 1. The molecule has 0 radical (unpaired) electrons. The van der Waals surface area contributed by atoms with Crippen LogP contribution in [0.2, 0.25) is 0 Å². The molecule has 0 saturated heterocycles. The van der Waals surface area contributed by atoms with E-state index < -0.39 is 5.82 Å². The average Bonchev–Trinajstić information content (AvgIpc) is 3.27. The first kappa shape index (κ1) is 25.7. The van der Waals surface area contributed by atoms with Crippen LogP contribution in [0.5, 0.6) is 11.6 Å². The van der Waals surface area contributed by atoms with Gasteiger partial charge in [-0.25, -0.2) is 9.37 Å². The third kappa shape index (κ3) is 6.04. The van der Waals surface area contributed by atoms with Crippen LogP contribution in [0.3, 0.4) is 0 Å². The van der Waals surface area contributed by atoms with Crippen molar-refractivity contribution in [2.24, 2.45) is 0 Å². The molecule has 1 aliphatic heterocycles. The van der Waals surface area contributed by atoms with Crippen LogP contribution in [0.15, 0.2) is 72.9 Å². The smallest absolute Gasteiger partial charge is 0.220 e. The van der Waals surface area contributed by atoms with Crippen LogP contribution in [0.25, 0.3) is 0 Å². The highest BCUT2D eigenvalue weighted by atomic mass is 19.1. The molecule has 2 unspecified atom stereocenters. The largest absolute Gasteiger partial charge is 0.492 e. The normalized spacial score (nSPS) is 16.5. The van der Waals surface area contributed by atoms with E-state index in [1.807, 2.05) is 68.7 Å². The molecular weight excluding hydrogens is 457 g/mol. The highest BCUT2D eigenvalue weighted by molar-refractivity contribution is 5.63. The van der Waals surface area contributed by atoms with E-state index in [9.17, 15) is 0 Å². The topological polar surface area (TPSA) is 66.8 Å². The van der Waals surface area contributed by atoms with Gasteiger partial charge in [0.25, 0.3) is 0 Å². The number of ether oxygens (including phenoxy) is 2. The summed E-state index contributed by atoms with van der Waals surface area (Å²) in [5.74, 6) is 0.530. The summed E-state index contributed by atoms with van der Waals surface area (Å²) in [6, 6.07) is 17.9. The fourth-order valence-corrected chi connectivity index (χ4v) is 4.38. The molecule has 36 heavy (non-hydrogen) atoms. The first-order valence-corrected chi connectivity index (χ1v) is 12.3. The molecule has 7 heteroatoms. The number of anilines is 1. The van der Waals surface area contributed by atoms with Gasteiger partial charge >= 0.3 is 0 Å². The van der Waals surface area contributed by atoms with Crippen LogP contribution >= 0.6 is 0 Å². The van der Waals surface area contributed by atoms with E-state index in [1.165, 1.54) is 6.20 Å². The Balaban J connectivity index is 1.63. The molecule has 2 aromatic carbocycles. The van der Waals surface area contributed by atoms with Crippen molar-refractivity contribution in [3.63, 3.8) is 0 Å². The number of hydrogen-bond acceptors (Lipinski definition) is 6. The fourth-order valence-electron chi connectivity index (χ4n) is 4.38. The van der Waals surface area contributed by atoms with Crippen LogP contribution in [-0.2, 0) is 0 Å². The summed E-state index contributed by atoms with van der Waals surface area (Å²) in [5, 5.41) is 12.3. The lowest BCUT2D eigenvalue weighted by Crippen LogP contribution is -2.19. The minimum Gasteiger partial charge on any atom is -0.492 e. The van der Waals surface area contributed by atoms with Gasteiger partial charge < -0.3 is 24.8 Å². The van der Waals surface area contributed by atoms with Gasteiger partial charge in [-0.2, -0.15) is 0 Å². The lowest BCUT2D eigenvalue weighted by Gasteiger charge is -2.22. The second-order valence-electron chi connectivity index (χ2n) is 9.28. The van der Waals surface area contributed by atoms with Gasteiger partial charge in [-0.05, 0) is 50.2 Å². The number of hydrogen-bond donors (Lipinski definition) is 2. The van der Waals surface area contributed by atoms with E-state index in [1.54, 1.807) is 0 Å². The SMILES string of the molecule is C=C(CCCO)CNc1c(F)cnc2c1C(c1ccccc1)C(c1ccc(OCCN(C)C)cc1)O2. The van der Waals surface area contributed by atoms with Gasteiger partial charge in [0.15, 0.2) is 5.82 Å². The van der Waals surface area contributed by atoms with E-state index in [0.717, 1.165) is 29.0 Å². The second-order valence-corrected chi connectivity index (χ2v) is 9.28. The van der Waals surface area contributed by atoms with Crippen molar-refractivity contribution in [2.75, 3.05) is 45.7 Å². The Morgan fingerprint density at radius 3 is 2.58 bits per heavy atom. The molecule has 2 atom stereocenters. The number of aromatic nitrogens is 1. The van der Waals surface area contributed by atoms with Gasteiger partial charge in [-0.3, -0.25) is 0 Å². The van der Waals surface area contributed by atoms with Gasteiger partial charge in [-0.15, -0.1) is 0 Å². The molecule has 190 valence electrons. The zero-order valence-corrected chi connectivity index (χ0v) is 20.9. The predicted octanol–water partition coefficient (Wildman–Crippen LogP) is 5.17. The van der Waals surface area contributed by atoms with E-state index in [2.05, 4.69) is 21.8 Å². The van der Waals surface area contributed by atoms with E-state index in [4.69, 9.17) is 14.6 Å². The molecule has 2 N–H and O–H groups in total. The van der Waals surface area contributed by atoms with Crippen LogP contribution < -0.4 is 14.8 Å². The summed E-state index contributed by atoms with van der Waals surface area (Å²) in [6.45, 7) is 5.99. The average molecular weight is 492 g/mol. The Bertz CT molecular complexity index is 1150. The zero-order valence-electron chi connectivity index (χ0n) is 20.9. The molecule has 0 saturated carbocycles. The maximum absolute atomic E-state index is 15.1. The molecular formula is C29H34FN3O3. The lowest BCUT2D eigenvalue weighted by atomic mass is 9.85. The number of pyridine rings is 1. The van der Waals surface area contributed by atoms with Gasteiger partial charge in [0.1, 0.15) is 18.5 Å². The Labute approximate surface area is 212 Å². The lowest BCUT2D eigenvalue weighted by molar-refractivity contribution is 0.215. The van der Waals surface area contributed by atoms with Gasteiger partial charge in [0.05, 0.1) is 23.4 Å². The molecule has 0 amide bonds. The maximum atomic E-state index is 15.1. The van der Waals surface area contributed by atoms with Crippen molar-refractivity contribution >= 4 is 5.69 Å². The van der Waals surface area contributed by atoms with E-state index in [0.29, 0.717) is 43.1 Å². The van der Waals surface area contributed by atoms with Gasteiger partial charge in [0, 0.05) is 19.7 Å². The van der Waals surface area contributed by atoms with Crippen molar-refractivity contribution in [1.82, 2.24) is 9.88 Å². The Hall–Kier alpha value is -3.42. The third-order valence-electron chi connectivity index (χ3n) is 6.26. The van der Waals surface area contributed by atoms with Crippen molar-refractivity contribution in [3.8, 4) is 11.6 Å². The van der Waals surface area contributed by atoms with Crippen molar-refractivity contribution in [1.29, 1.82) is 0 Å². The van der Waals surface area contributed by atoms with Crippen molar-refractivity contribution in [3.05, 3.63) is 95.5 Å². The minimum atomic E-state index is -0.432. The Kier molecular flexibility index (Phi) is 8.57. The molecule has 1 aliphatic rings. The highest BCUT2D eigenvalue weighted by Crippen LogP contribution is 2.52. The van der Waals surface area contributed by atoms with Crippen molar-refractivity contribution < 1.29 is 19.0 Å². The monoisotopic (exact) mass is 491 g/mol. The summed E-state index contributed by atoms with van der Waals surface area (Å²) >= 11 is 0. The summed E-state index contributed by atoms with van der Waals surface area (Å²) in [4.78, 5) is 6.37. The first-order chi connectivity index (χ1) is 17.5. The van der Waals surface area contributed by atoms with Crippen LogP contribution in [0, 0.1) is 5.82 Å². The molecule has 0 spiro atoms. The standard InChI is InChI=1S/C29H34FN3O3/c1-20(8-7-16-34)18-31-27-24(30)19-32-29-26(27)25(21-9-5-4-6-10-21)28(36-29)22-11-13-23(14-12-22)35-17-15-33(2)3/h4-6,9-14,19,25,28,34H,1,7-8,15-18H2,2-3H3,(H,31,32). The number of benzene rings is 2. The molecule has 6 nitrogen and oxygen atoms in total. The van der Waals surface area contributed by atoms with Crippen molar-refractivity contribution in [2.45, 2.75) is 24.9 Å². The van der Waals surface area contributed by atoms with Crippen LogP contribution in [-0.4, -0.2) is 55.4 Å². The van der Waals surface area contributed by atoms with E-state index >= 15 is 4.39 Å². The molecule has 0 bridgehead atoms. The molecule has 2 heterocycles. The summed E-state index contributed by atoms with van der Waals surface area (Å²) in [7, 11) is 4.02. The third-order valence-corrected chi connectivity index (χ3v) is 6.26. The first-order valence-electron chi connectivity index (χ1n) is 12.3. The summed E-state index contributed by atoms with van der Waals surface area (Å²) in [6.07, 6.45) is 2.13. The number of nitrogens with one attached hydrogen (secondary N) is 1. The molecule has 4 rings (SSSR count). The summed E-state index contributed by atoms with van der Waals surface area (Å²) in [5.41, 5.74) is 3.95. The Morgan fingerprint density at radius 1 is 1.14 bits per heavy atom. The molecule has 0 aliphatic carbocycles. The fraction of sp³-hybridized carbons (Fsp3) is 0.345. The van der Waals surface area contributed by atoms with E-state index in [-0.39, 0.29) is 18.6 Å². The molecule has 1 aromatic heterocycles. The van der Waals surface area contributed by atoms with Crippen LogP contribution in [0.1, 0.15) is 41.6 Å². The van der Waals surface area contributed by atoms with Crippen LogP contribution in [0.4, 0.5) is 10.1 Å². The minimum absolute atomic E-state index is 0.100. The maximum Gasteiger partial charge on any atom is 0.220 e. The number of aliphatic hydroxyl groups is 1. The second kappa shape index (κ2) is 12.0. The number of halogens is 1. The number of aliphatic hydroxyl groups excluding tert-OH is 1. The number of likely N-dealkylation sites (N-methyl/N-ethyl adjacent to an activating group) is 1. The number of rotatable bonds is 12. The zero-order chi connectivity index (χ0) is 25.5. The van der Waals surface area contributed by atoms with Gasteiger partial charge in [-0.1, -0.05) is 54.6 Å². The number of nitrogens with zero attached hydrogens (tertiary/aromatic N) is 2. The Morgan fingerprint density at radius 2 is 1.89 bits per heavy atom. The summed E-state index contributed by atoms with van der Waals surface area (Å²) < 4.78 is 27.3. The predicted molar refractivity (Wildman–Crippen MR) is 140 cm³/mol. The highest BCUT2D eigenvalue weighted by Gasteiger charge is 2.40. The molecule has 3 aromatic rings. The van der Waals surface area contributed by atoms with Gasteiger partial charge in [0.2, 0.25) is 5.88 Å². The quantitative estimate of drug-likeness (QED) is 0.341.